The average molecular weight is 349 g/mol. The second-order valence-electron chi connectivity index (χ2n) is 8.87. The van der Waals surface area contributed by atoms with E-state index in [9.17, 15) is 4.79 Å². The average Bonchev–Trinajstić information content (AvgIpc) is 3.08. The summed E-state index contributed by atoms with van der Waals surface area (Å²) in [6, 6.07) is 10.1. The van der Waals surface area contributed by atoms with Crippen molar-refractivity contribution in [2.24, 2.45) is 17.8 Å². The first-order chi connectivity index (χ1) is 12.7. The van der Waals surface area contributed by atoms with Gasteiger partial charge in [0.05, 0.1) is 11.9 Å². The minimum absolute atomic E-state index is 0.125. The van der Waals surface area contributed by atoms with Crippen LogP contribution in [-0.4, -0.2) is 21.2 Å². The van der Waals surface area contributed by atoms with Crippen LogP contribution in [0.2, 0.25) is 0 Å². The fourth-order valence-electron chi connectivity index (χ4n) is 6.09. The summed E-state index contributed by atoms with van der Waals surface area (Å²) in [6.45, 7) is 0. The zero-order valence-corrected chi connectivity index (χ0v) is 15.2. The van der Waals surface area contributed by atoms with E-state index in [1.807, 2.05) is 47.4 Å². The molecule has 2 aromatic rings. The fourth-order valence-corrected chi connectivity index (χ4v) is 6.09. The van der Waals surface area contributed by atoms with Gasteiger partial charge in [0.1, 0.15) is 0 Å². The Morgan fingerprint density at radius 3 is 2.38 bits per heavy atom. The van der Waals surface area contributed by atoms with E-state index in [1.165, 1.54) is 38.5 Å². The first kappa shape index (κ1) is 16.1. The molecule has 4 aliphatic rings. The largest absolute Gasteiger partial charge is 0.351 e. The number of benzene rings is 1. The zero-order valence-electron chi connectivity index (χ0n) is 15.2. The highest BCUT2D eigenvalue weighted by Gasteiger charge is 2.51. The summed E-state index contributed by atoms with van der Waals surface area (Å²) < 4.78 is 1.88. The second-order valence-corrected chi connectivity index (χ2v) is 8.87. The van der Waals surface area contributed by atoms with Crippen molar-refractivity contribution < 1.29 is 4.79 Å². The van der Waals surface area contributed by atoms with E-state index >= 15 is 0 Å². The van der Waals surface area contributed by atoms with Gasteiger partial charge in [0, 0.05) is 18.2 Å². The minimum atomic E-state index is 0.125. The molecule has 136 valence electrons. The summed E-state index contributed by atoms with van der Waals surface area (Å²) >= 11 is 0. The predicted molar refractivity (Wildman–Crippen MR) is 101 cm³/mol. The number of nitrogens with one attached hydrogen (secondary N) is 1. The molecular formula is C22H27N3O. The Morgan fingerprint density at radius 1 is 1.08 bits per heavy atom. The summed E-state index contributed by atoms with van der Waals surface area (Å²) in [5.41, 5.74) is 2.30. The van der Waals surface area contributed by atoms with E-state index in [-0.39, 0.29) is 11.4 Å². The molecular weight excluding hydrogens is 322 g/mol. The van der Waals surface area contributed by atoms with Crippen LogP contribution in [0.4, 0.5) is 0 Å². The quantitative estimate of drug-likeness (QED) is 0.890. The highest BCUT2D eigenvalue weighted by molar-refractivity contribution is 5.77. The molecule has 1 amide bonds. The van der Waals surface area contributed by atoms with Crippen molar-refractivity contribution in [3.05, 3.63) is 48.3 Å². The molecule has 0 atom stereocenters. The van der Waals surface area contributed by atoms with Gasteiger partial charge in [-0.2, -0.15) is 5.10 Å². The van der Waals surface area contributed by atoms with Crippen LogP contribution in [0.1, 0.15) is 50.5 Å². The van der Waals surface area contributed by atoms with E-state index in [0.29, 0.717) is 6.42 Å². The molecule has 4 aliphatic carbocycles. The molecule has 1 N–H and O–H groups in total. The summed E-state index contributed by atoms with van der Waals surface area (Å²) in [5.74, 6) is 2.82. The van der Waals surface area contributed by atoms with Gasteiger partial charge in [0.2, 0.25) is 5.91 Å². The third kappa shape index (κ3) is 3.06. The van der Waals surface area contributed by atoms with E-state index in [4.69, 9.17) is 0 Å². The van der Waals surface area contributed by atoms with Gasteiger partial charge in [-0.15, -0.1) is 0 Å². The van der Waals surface area contributed by atoms with Crippen LogP contribution in [-0.2, 0) is 11.2 Å². The minimum Gasteiger partial charge on any atom is -0.351 e. The van der Waals surface area contributed by atoms with Gasteiger partial charge in [0.15, 0.2) is 0 Å². The number of hydrogen-bond acceptors (Lipinski definition) is 2. The Morgan fingerprint density at radius 2 is 1.73 bits per heavy atom. The Labute approximate surface area is 155 Å². The molecule has 1 heterocycles. The summed E-state index contributed by atoms with van der Waals surface area (Å²) in [7, 11) is 0. The molecule has 0 radical (unpaired) electrons. The van der Waals surface area contributed by atoms with Gasteiger partial charge in [-0.1, -0.05) is 18.2 Å². The molecule has 1 aromatic heterocycles. The lowest BCUT2D eigenvalue weighted by atomic mass is 9.53. The fraction of sp³-hybridized carbons (Fsp3) is 0.545. The highest BCUT2D eigenvalue weighted by atomic mass is 16.1. The van der Waals surface area contributed by atoms with Crippen LogP contribution in [0.5, 0.6) is 0 Å². The van der Waals surface area contributed by atoms with Gasteiger partial charge in [-0.05, 0) is 80.4 Å². The van der Waals surface area contributed by atoms with Crippen molar-refractivity contribution in [1.29, 1.82) is 0 Å². The highest BCUT2D eigenvalue weighted by Crippen LogP contribution is 2.55. The van der Waals surface area contributed by atoms with Gasteiger partial charge in [-0.3, -0.25) is 4.79 Å². The van der Waals surface area contributed by atoms with Gasteiger partial charge in [0.25, 0.3) is 0 Å². The number of rotatable bonds is 5. The van der Waals surface area contributed by atoms with Crippen LogP contribution in [0.3, 0.4) is 0 Å². The van der Waals surface area contributed by atoms with Crippen LogP contribution in [0, 0.1) is 17.8 Å². The lowest BCUT2D eigenvalue weighted by Gasteiger charge is -2.56. The zero-order chi connectivity index (χ0) is 17.6. The van der Waals surface area contributed by atoms with E-state index in [1.54, 1.807) is 0 Å². The van der Waals surface area contributed by atoms with Crippen molar-refractivity contribution in [3.63, 3.8) is 0 Å². The molecule has 0 saturated heterocycles. The van der Waals surface area contributed by atoms with Crippen LogP contribution in [0.25, 0.3) is 5.69 Å². The number of carbonyl (C=O) groups excluding carboxylic acids is 1. The van der Waals surface area contributed by atoms with E-state index < -0.39 is 0 Å². The van der Waals surface area contributed by atoms with Gasteiger partial charge >= 0.3 is 0 Å². The maximum Gasteiger partial charge on any atom is 0.220 e. The van der Waals surface area contributed by atoms with Crippen molar-refractivity contribution in [2.75, 3.05) is 0 Å². The van der Waals surface area contributed by atoms with Crippen molar-refractivity contribution in [1.82, 2.24) is 15.1 Å². The molecule has 4 heteroatoms. The van der Waals surface area contributed by atoms with E-state index in [0.717, 1.165) is 35.4 Å². The molecule has 0 unspecified atom stereocenters. The van der Waals surface area contributed by atoms with E-state index in [2.05, 4.69) is 10.4 Å². The third-order valence-electron chi connectivity index (χ3n) is 6.74. The maximum atomic E-state index is 12.6. The Hall–Kier alpha value is -2.10. The Kier molecular flexibility index (Phi) is 3.87. The lowest BCUT2D eigenvalue weighted by Crippen LogP contribution is -2.59. The monoisotopic (exact) mass is 349 g/mol. The number of aromatic nitrogens is 2. The smallest absolute Gasteiger partial charge is 0.220 e. The Balaban J connectivity index is 1.19. The molecule has 4 bridgehead atoms. The van der Waals surface area contributed by atoms with Crippen LogP contribution in [0.15, 0.2) is 42.7 Å². The summed E-state index contributed by atoms with van der Waals surface area (Å²) in [6.07, 6.45) is 13.1. The molecule has 4 nitrogen and oxygen atoms in total. The molecule has 0 aliphatic heterocycles. The SMILES string of the molecule is O=C(CCc1cnn(-c2ccccc2)c1)NC12CC3CC(CC(C3)C1)C2. The predicted octanol–water partition coefficient (Wildman–Crippen LogP) is 3.89. The molecule has 26 heavy (non-hydrogen) atoms. The second kappa shape index (κ2) is 6.26. The molecule has 1 aromatic carbocycles. The number of aryl methyl sites for hydroxylation is 1. The van der Waals surface area contributed by atoms with Crippen molar-refractivity contribution in [2.45, 2.75) is 56.9 Å². The van der Waals surface area contributed by atoms with Gasteiger partial charge < -0.3 is 5.32 Å². The third-order valence-corrected chi connectivity index (χ3v) is 6.74. The first-order valence-corrected chi connectivity index (χ1v) is 10.1. The van der Waals surface area contributed by atoms with Crippen LogP contribution >= 0.6 is 0 Å². The molecule has 6 rings (SSSR count). The summed E-state index contributed by atoms with van der Waals surface area (Å²) in [5, 5.41) is 7.90. The molecule has 4 fully saturated rings. The van der Waals surface area contributed by atoms with Crippen LogP contribution < -0.4 is 5.32 Å². The summed E-state index contributed by atoms with van der Waals surface area (Å²) in [4.78, 5) is 12.6. The number of hydrogen-bond donors (Lipinski definition) is 1. The van der Waals surface area contributed by atoms with Crippen molar-refractivity contribution in [3.8, 4) is 5.69 Å². The first-order valence-electron chi connectivity index (χ1n) is 10.1. The number of amides is 1. The lowest BCUT2D eigenvalue weighted by molar-refractivity contribution is -0.126. The van der Waals surface area contributed by atoms with Gasteiger partial charge in [-0.25, -0.2) is 4.68 Å². The maximum absolute atomic E-state index is 12.6. The standard InChI is InChI=1S/C22H27N3O/c26-21(24-22-11-17-8-18(12-22)10-19(9-17)13-22)7-6-16-14-23-25(15-16)20-4-2-1-3-5-20/h1-5,14-15,17-19H,6-13H2,(H,24,26). The number of carbonyl (C=O) groups is 1. The number of para-hydroxylation sites is 1. The molecule has 0 spiro atoms. The molecule has 4 saturated carbocycles. The van der Waals surface area contributed by atoms with Crippen molar-refractivity contribution >= 4 is 5.91 Å². The normalized spacial score (nSPS) is 31.9. The topological polar surface area (TPSA) is 46.9 Å². The Bertz CT molecular complexity index is 759. The number of nitrogens with zero attached hydrogens (tertiary/aromatic N) is 2.